The second-order valence-electron chi connectivity index (χ2n) is 6.45. The summed E-state index contributed by atoms with van der Waals surface area (Å²) in [7, 11) is 1.19. The molecule has 7 nitrogen and oxygen atoms in total. The third-order valence-electron chi connectivity index (χ3n) is 4.38. The van der Waals surface area contributed by atoms with Crippen LogP contribution in [-0.4, -0.2) is 46.9 Å². The van der Waals surface area contributed by atoms with Crippen molar-refractivity contribution < 1.29 is 29.0 Å². The lowest BCUT2D eigenvalue weighted by atomic mass is 10.0. The topological polar surface area (TPSA) is 101 Å². The van der Waals surface area contributed by atoms with E-state index in [4.69, 9.17) is 0 Å². The number of carbonyl (C=O) groups is 4. The lowest BCUT2D eigenvalue weighted by Gasteiger charge is -2.27. The zero-order valence-corrected chi connectivity index (χ0v) is 16.1. The fourth-order valence-corrected chi connectivity index (χ4v) is 2.92. The molecular formula is C22H23NO6. The maximum atomic E-state index is 12.9. The number of methoxy groups -OCH3 is 1. The molecule has 0 spiro atoms. The molecule has 0 radical (unpaired) electrons. The van der Waals surface area contributed by atoms with Gasteiger partial charge in [0.15, 0.2) is 0 Å². The Morgan fingerprint density at radius 3 is 1.69 bits per heavy atom. The SMILES string of the molecule is COC(=O)CC[C@H](C(=O)O)N(C(=O)Cc1ccccc1)C(=O)Cc1ccccc1. The minimum Gasteiger partial charge on any atom is -0.480 e. The Balaban J connectivity index is 2.28. The molecule has 152 valence electrons. The molecule has 2 aromatic rings. The van der Waals surface area contributed by atoms with Crippen LogP contribution in [0.15, 0.2) is 60.7 Å². The van der Waals surface area contributed by atoms with Crippen molar-refractivity contribution in [3.63, 3.8) is 0 Å². The Morgan fingerprint density at radius 2 is 1.31 bits per heavy atom. The zero-order chi connectivity index (χ0) is 21.2. The van der Waals surface area contributed by atoms with Crippen LogP contribution in [0.25, 0.3) is 0 Å². The number of rotatable bonds is 9. The lowest BCUT2D eigenvalue weighted by Crippen LogP contribution is -2.50. The lowest BCUT2D eigenvalue weighted by molar-refractivity contribution is -0.158. The van der Waals surface area contributed by atoms with Crippen LogP contribution in [0, 0.1) is 0 Å². The van der Waals surface area contributed by atoms with E-state index in [9.17, 15) is 24.3 Å². The van der Waals surface area contributed by atoms with E-state index in [1.807, 2.05) is 0 Å². The minimum atomic E-state index is -1.46. The van der Waals surface area contributed by atoms with Crippen molar-refractivity contribution in [2.75, 3.05) is 7.11 Å². The van der Waals surface area contributed by atoms with Crippen LogP contribution in [0.1, 0.15) is 24.0 Å². The van der Waals surface area contributed by atoms with E-state index in [0.29, 0.717) is 11.1 Å². The molecule has 0 bridgehead atoms. The number of carboxylic acid groups (broad SMARTS) is 1. The van der Waals surface area contributed by atoms with Crippen molar-refractivity contribution in [3.8, 4) is 0 Å². The predicted octanol–water partition coefficient (Wildman–Crippen LogP) is 2.23. The van der Waals surface area contributed by atoms with Crippen LogP contribution in [0.3, 0.4) is 0 Å². The Kier molecular flexibility index (Phi) is 8.09. The largest absolute Gasteiger partial charge is 0.480 e. The summed E-state index contributed by atoms with van der Waals surface area (Å²) in [5.41, 5.74) is 1.32. The number of imide groups is 1. The van der Waals surface area contributed by atoms with E-state index in [1.54, 1.807) is 60.7 Å². The fraction of sp³-hybridized carbons (Fsp3) is 0.273. The summed E-state index contributed by atoms with van der Waals surface area (Å²) in [6.07, 6.45) is -0.684. The number of hydrogen-bond acceptors (Lipinski definition) is 5. The number of nitrogens with zero attached hydrogens (tertiary/aromatic N) is 1. The third kappa shape index (κ3) is 6.57. The van der Waals surface area contributed by atoms with Gasteiger partial charge in [0.2, 0.25) is 11.8 Å². The number of ether oxygens (including phenoxy) is 1. The highest BCUT2D eigenvalue weighted by atomic mass is 16.5. The maximum absolute atomic E-state index is 12.9. The van der Waals surface area contributed by atoms with Crippen LogP contribution in [0.4, 0.5) is 0 Å². The van der Waals surface area contributed by atoms with Gasteiger partial charge in [-0.2, -0.15) is 0 Å². The number of aliphatic carboxylic acids is 1. The molecule has 0 saturated heterocycles. The van der Waals surface area contributed by atoms with E-state index < -0.39 is 29.8 Å². The van der Waals surface area contributed by atoms with Gasteiger partial charge >= 0.3 is 11.9 Å². The fourth-order valence-electron chi connectivity index (χ4n) is 2.92. The quantitative estimate of drug-likeness (QED) is 0.651. The summed E-state index contributed by atoms with van der Waals surface area (Å²) in [6.45, 7) is 0. The zero-order valence-electron chi connectivity index (χ0n) is 16.1. The van der Waals surface area contributed by atoms with Gasteiger partial charge in [-0.3, -0.25) is 19.3 Å². The van der Waals surface area contributed by atoms with Crippen molar-refractivity contribution in [1.82, 2.24) is 4.90 Å². The van der Waals surface area contributed by atoms with Gasteiger partial charge in [0.1, 0.15) is 6.04 Å². The molecule has 0 fully saturated rings. The van der Waals surface area contributed by atoms with Crippen molar-refractivity contribution >= 4 is 23.8 Å². The third-order valence-corrected chi connectivity index (χ3v) is 4.38. The average molecular weight is 397 g/mol. The monoisotopic (exact) mass is 397 g/mol. The highest BCUT2D eigenvalue weighted by molar-refractivity contribution is 6.00. The first kappa shape index (κ1) is 21.8. The van der Waals surface area contributed by atoms with Crippen LogP contribution >= 0.6 is 0 Å². The molecule has 2 amide bonds. The molecule has 29 heavy (non-hydrogen) atoms. The molecule has 7 heteroatoms. The van der Waals surface area contributed by atoms with Gasteiger partial charge in [0.05, 0.1) is 20.0 Å². The Hall–Kier alpha value is -3.48. The summed E-state index contributed by atoms with van der Waals surface area (Å²) in [5.74, 6) is -3.22. The van der Waals surface area contributed by atoms with Gasteiger partial charge < -0.3 is 9.84 Å². The van der Waals surface area contributed by atoms with Crippen LogP contribution in [0.5, 0.6) is 0 Å². The molecule has 1 atom stereocenters. The number of amides is 2. The molecular weight excluding hydrogens is 374 g/mol. The van der Waals surface area contributed by atoms with Gasteiger partial charge in [-0.05, 0) is 17.5 Å². The van der Waals surface area contributed by atoms with Crippen molar-refractivity contribution in [3.05, 3.63) is 71.8 Å². The summed E-state index contributed by atoms with van der Waals surface area (Å²) >= 11 is 0. The van der Waals surface area contributed by atoms with Crippen molar-refractivity contribution in [1.29, 1.82) is 0 Å². The molecule has 0 heterocycles. The van der Waals surface area contributed by atoms with Crippen LogP contribution in [0.2, 0.25) is 0 Å². The van der Waals surface area contributed by atoms with Crippen molar-refractivity contribution in [2.24, 2.45) is 0 Å². The van der Waals surface area contributed by atoms with E-state index in [2.05, 4.69) is 4.74 Å². The summed E-state index contributed by atoms with van der Waals surface area (Å²) < 4.78 is 4.55. The Bertz CT molecular complexity index is 797. The first-order valence-corrected chi connectivity index (χ1v) is 9.14. The Labute approximate surface area is 168 Å². The molecule has 0 aliphatic heterocycles. The van der Waals surface area contributed by atoms with Crippen LogP contribution in [-0.2, 0) is 36.8 Å². The van der Waals surface area contributed by atoms with E-state index >= 15 is 0 Å². The van der Waals surface area contributed by atoms with Gasteiger partial charge in [-0.25, -0.2) is 4.79 Å². The summed E-state index contributed by atoms with van der Waals surface area (Å²) in [6, 6.07) is 16.0. The summed E-state index contributed by atoms with van der Waals surface area (Å²) in [5, 5.41) is 9.66. The molecule has 0 saturated carbocycles. The normalized spacial score (nSPS) is 11.3. The minimum absolute atomic E-state index is 0.122. The van der Waals surface area contributed by atoms with Gasteiger partial charge in [0, 0.05) is 6.42 Å². The first-order chi connectivity index (χ1) is 13.9. The summed E-state index contributed by atoms with van der Waals surface area (Å²) in [4.78, 5) is 50.0. The second kappa shape index (κ2) is 10.8. The highest BCUT2D eigenvalue weighted by Crippen LogP contribution is 2.15. The number of carbonyl (C=O) groups excluding carboxylic acids is 3. The molecule has 0 aliphatic carbocycles. The molecule has 0 aromatic heterocycles. The van der Waals surface area contributed by atoms with E-state index in [0.717, 1.165) is 4.90 Å². The van der Waals surface area contributed by atoms with Gasteiger partial charge in [0.25, 0.3) is 0 Å². The molecule has 0 unspecified atom stereocenters. The first-order valence-electron chi connectivity index (χ1n) is 9.14. The average Bonchev–Trinajstić information content (AvgIpc) is 2.71. The van der Waals surface area contributed by atoms with Gasteiger partial charge in [-0.15, -0.1) is 0 Å². The van der Waals surface area contributed by atoms with Crippen LogP contribution < -0.4 is 0 Å². The molecule has 1 N–H and O–H groups in total. The highest BCUT2D eigenvalue weighted by Gasteiger charge is 2.34. The van der Waals surface area contributed by atoms with E-state index in [-0.39, 0.29) is 25.7 Å². The smallest absolute Gasteiger partial charge is 0.326 e. The standard InChI is InChI=1S/C22H23NO6/c1-29-21(26)13-12-18(22(27)28)23(19(24)14-16-8-4-2-5-9-16)20(25)15-17-10-6-3-7-11-17/h2-11,18H,12-15H2,1H3,(H,27,28)/t18-/m1/s1. The van der Waals surface area contributed by atoms with Gasteiger partial charge in [-0.1, -0.05) is 60.7 Å². The predicted molar refractivity (Wildman–Crippen MR) is 105 cm³/mol. The number of hydrogen-bond donors (Lipinski definition) is 1. The molecule has 2 aromatic carbocycles. The second-order valence-corrected chi connectivity index (χ2v) is 6.45. The van der Waals surface area contributed by atoms with E-state index in [1.165, 1.54) is 7.11 Å². The number of benzene rings is 2. The maximum Gasteiger partial charge on any atom is 0.326 e. The van der Waals surface area contributed by atoms with Crippen molar-refractivity contribution in [2.45, 2.75) is 31.7 Å². The molecule has 2 rings (SSSR count). The Morgan fingerprint density at radius 1 is 0.862 bits per heavy atom. The number of esters is 1. The molecule has 0 aliphatic rings. The number of carboxylic acids is 1.